The zero-order valence-corrected chi connectivity index (χ0v) is 13.8. The summed E-state index contributed by atoms with van der Waals surface area (Å²) in [5.74, 6) is -0.392. The highest BCUT2D eigenvalue weighted by Crippen LogP contribution is 2.36. The second kappa shape index (κ2) is 7.00. The van der Waals surface area contributed by atoms with Gasteiger partial charge in [-0.1, -0.05) is 0 Å². The topological polar surface area (TPSA) is 46.9 Å². The highest BCUT2D eigenvalue weighted by Gasteiger charge is 2.37. The molecule has 0 atom stereocenters. The van der Waals surface area contributed by atoms with Crippen molar-refractivity contribution < 1.29 is 31.1 Å². The molecule has 0 saturated carbocycles. The fourth-order valence-electron chi connectivity index (χ4n) is 2.36. The minimum atomic E-state index is -4.95. The number of carbonyl (C=O) groups excluding carboxylic acids is 1. The maximum absolute atomic E-state index is 12.9. The average Bonchev–Trinajstić information content (AvgIpc) is 2.85. The number of amides is 1. The van der Waals surface area contributed by atoms with E-state index in [4.69, 9.17) is 0 Å². The van der Waals surface area contributed by atoms with Crippen LogP contribution < -0.4 is 5.32 Å². The Morgan fingerprint density at radius 2 is 1.62 bits per heavy atom. The van der Waals surface area contributed by atoms with Gasteiger partial charge in [-0.05, 0) is 37.6 Å². The molecule has 10 heteroatoms. The molecule has 1 heterocycles. The first-order valence-electron chi connectivity index (χ1n) is 7.52. The Kier molecular flexibility index (Phi) is 5.33. The van der Waals surface area contributed by atoms with Crippen molar-refractivity contribution in [3.63, 3.8) is 0 Å². The van der Waals surface area contributed by atoms with Gasteiger partial charge in [0.2, 0.25) is 5.91 Å². The zero-order valence-electron chi connectivity index (χ0n) is 13.8. The fraction of sp³-hybridized carbons (Fsp3) is 0.375. The number of aromatic nitrogens is 2. The summed E-state index contributed by atoms with van der Waals surface area (Å²) in [6, 6.07) is 1.11. The van der Waals surface area contributed by atoms with Crippen LogP contribution in [0, 0.1) is 6.92 Å². The third-order valence-electron chi connectivity index (χ3n) is 3.59. The second-order valence-corrected chi connectivity index (χ2v) is 5.63. The molecule has 2 rings (SSSR count). The Balaban J connectivity index is 2.30. The predicted octanol–water partition coefficient (Wildman–Crippen LogP) is 4.43. The Hall–Kier alpha value is -2.52. The van der Waals surface area contributed by atoms with Gasteiger partial charge in [-0.2, -0.15) is 31.4 Å². The smallest absolute Gasteiger partial charge is 0.310 e. The number of hydrogen-bond donors (Lipinski definition) is 1. The van der Waals surface area contributed by atoms with E-state index in [-0.39, 0.29) is 11.6 Å². The van der Waals surface area contributed by atoms with Crippen molar-refractivity contribution in [1.82, 2.24) is 9.78 Å². The van der Waals surface area contributed by atoms with E-state index in [1.807, 2.05) is 0 Å². The van der Waals surface area contributed by atoms with Crippen LogP contribution in [0.1, 0.15) is 29.2 Å². The number of alkyl halides is 6. The number of carbonyl (C=O) groups is 1. The van der Waals surface area contributed by atoms with E-state index in [2.05, 4.69) is 10.4 Å². The van der Waals surface area contributed by atoms with Crippen LogP contribution in [0.3, 0.4) is 0 Å². The van der Waals surface area contributed by atoms with E-state index >= 15 is 0 Å². The molecule has 1 N–H and O–H groups in total. The summed E-state index contributed by atoms with van der Waals surface area (Å²) in [6.45, 7) is 3.87. The molecule has 0 aliphatic carbocycles. The predicted molar refractivity (Wildman–Crippen MR) is 81.4 cm³/mol. The molecule has 2 aromatic rings. The molecule has 26 heavy (non-hydrogen) atoms. The van der Waals surface area contributed by atoms with Crippen LogP contribution in [-0.2, 0) is 30.1 Å². The molecule has 1 amide bonds. The van der Waals surface area contributed by atoms with Crippen LogP contribution in [0.15, 0.2) is 24.4 Å². The summed E-state index contributed by atoms with van der Waals surface area (Å²) >= 11 is 0. The Morgan fingerprint density at radius 3 is 2.08 bits per heavy atom. The van der Waals surface area contributed by atoms with Crippen molar-refractivity contribution in [3.05, 3.63) is 46.6 Å². The molecule has 4 nitrogen and oxygen atoms in total. The molecule has 1 aromatic heterocycles. The first-order valence-corrected chi connectivity index (χ1v) is 7.52. The SMILES string of the molecule is CCn1ncc(C)c1NC(=O)Cc1cc(C(F)(F)F)cc(C(F)(F)F)c1. The first-order chi connectivity index (χ1) is 11.9. The fourth-order valence-corrected chi connectivity index (χ4v) is 2.36. The third-order valence-corrected chi connectivity index (χ3v) is 3.59. The third kappa shape index (κ3) is 4.55. The molecule has 0 aliphatic heterocycles. The molecule has 0 spiro atoms. The Morgan fingerprint density at radius 1 is 1.08 bits per heavy atom. The van der Waals surface area contributed by atoms with Gasteiger partial charge in [0.05, 0.1) is 23.7 Å². The molecule has 0 unspecified atom stereocenters. The number of nitrogens with one attached hydrogen (secondary N) is 1. The monoisotopic (exact) mass is 379 g/mol. The largest absolute Gasteiger partial charge is 0.416 e. The van der Waals surface area contributed by atoms with Crippen LogP contribution in [0.4, 0.5) is 32.2 Å². The maximum atomic E-state index is 12.9. The summed E-state index contributed by atoms with van der Waals surface area (Å²) in [6.07, 6.45) is -9.06. The van der Waals surface area contributed by atoms with Gasteiger partial charge < -0.3 is 5.32 Å². The van der Waals surface area contributed by atoms with Crippen molar-refractivity contribution in [3.8, 4) is 0 Å². The molecule has 0 aliphatic rings. The quantitative estimate of drug-likeness (QED) is 0.799. The average molecular weight is 379 g/mol. The van der Waals surface area contributed by atoms with Crippen molar-refractivity contribution in [2.24, 2.45) is 0 Å². The number of halogens is 6. The minimum absolute atomic E-state index is 0.0255. The van der Waals surface area contributed by atoms with Gasteiger partial charge in [0.1, 0.15) is 5.82 Å². The zero-order chi connectivity index (χ0) is 19.7. The standard InChI is InChI=1S/C16H15F6N3O/c1-3-25-14(9(2)8-23-25)24-13(26)6-10-4-11(15(17,18)19)7-12(5-10)16(20,21)22/h4-5,7-8H,3,6H2,1-2H3,(H,24,26). The van der Waals surface area contributed by atoms with E-state index in [0.29, 0.717) is 30.1 Å². The van der Waals surface area contributed by atoms with Gasteiger partial charge in [0, 0.05) is 12.1 Å². The lowest BCUT2D eigenvalue weighted by molar-refractivity contribution is -0.143. The number of nitrogens with zero attached hydrogens (tertiary/aromatic N) is 2. The number of hydrogen-bond acceptors (Lipinski definition) is 2. The van der Waals surface area contributed by atoms with Crippen LogP contribution in [-0.4, -0.2) is 15.7 Å². The van der Waals surface area contributed by atoms with Crippen molar-refractivity contribution in [1.29, 1.82) is 0 Å². The molecule has 0 bridgehead atoms. The summed E-state index contributed by atoms with van der Waals surface area (Å²) in [5, 5.41) is 6.47. The second-order valence-electron chi connectivity index (χ2n) is 5.63. The van der Waals surface area contributed by atoms with Gasteiger partial charge in [-0.25, -0.2) is 4.68 Å². The van der Waals surface area contributed by atoms with Gasteiger partial charge in [0.15, 0.2) is 0 Å². The summed E-state index contributed by atoms with van der Waals surface area (Å²) in [7, 11) is 0. The van der Waals surface area contributed by atoms with Crippen LogP contribution in [0.2, 0.25) is 0 Å². The lowest BCUT2D eigenvalue weighted by Crippen LogP contribution is -2.19. The molecular weight excluding hydrogens is 364 g/mol. The summed E-state index contributed by atoms with van der Waals surface area (Å²) in [4.78, 5) is 12.1. The number of anilines is 1. The molecule has 0 radical (unpaired) electrons. The van der Waals surface area contributed by atoms with Crippen LogP contribution in [0.25, 0.3) is 0 Å². The van der Waals surface area contributed by atoms with Crippen LogP contribution >= 0.6 is 0 Å². The van der Waals surface area contributed by atoms with Crippen molar-refractivity contribution >= 4 is 11.7 Å². The van der Waals surface area contributed by atoms with Gasteiger partial charge in [-0.15, -0.1) is 0 Å². The molecule has 0 fully saturated rings. The molecule has 142 valence electrons. The molecule has 1 aromatic carbocycles. The highest BCUT2D eigenvalue weighted by molar-refractivity contribution is 5.92. The van der Waals surface area contributed by atoms with Gasteiger partial charge in [-0.3, -0.25) is 4.79 Å². The first kappa shape index (κ1) is 19.8. The maximum Gasteiger partial charge on any atom is 0.416 e. The van der Waals surface area contributed by atoms with Crippen LogP contribution in [0.5, 0.6) is 0 Å². The summed E-state index contributed by atoms with van der Waals surface area (Å²) < 4.78 is 78.6. The number of benzene rings is 1. The summed E-state index contributed by atoms with van der Waals surface area (Å²) in [5.41, 5.74) is -2.67. The lowest BCUT2D eigenvalue weighted by Gasteiger charge is -2.14. The van der Waals surface area contributed by atoms with E-state index in [9.17, 15) is 31.1 Å². The minimum Gasteiger partial charge on any atom is -0.310 e. The Labute approximate surface area is 144 Å². The normalized spacial score (nSPS) is 12.3. The van der Waals surface area contributed by atoms with E-state index in [0.717, 1.165) is 0 Å². The number of aryl methyl sites for hydroxylation is 2. The highest BCUT2D eigenvalue weighted by atomic mass is 19.4. The Bertz CT molecular complexity index is 775. The molecule has 0 saturated heterocycles. The van der Waals surface area contributed by atoms with E-state index < -0.39 is 35.8 Å². The number of rotatable bonds is 4. The van der Waals surface area contributed by atoms with Gasteiger partial charge in [0.25, 0.3) is 0 Å². The van der Waals surface area contributed by atoms with Gasteiger partial charge >= 0.3 is 12.4 Å². The van der Waals surface area contributed by atoms with Crippen molar-refractivity contribution in [2.45, 2.75) is 39.2 Å². The van der Waals surface area contributed by atoms with E-state index in [1.54, 1.807) is 13.8 Å². The molecular formula is C16H15F6N3O. The lowest BCUT2D eigenvalue weighted by atomic mass is 10.0. The van der Waals surface area contributed by atoms with Crippen molar-refractivity contribution in [2.75, 3.05) is 5.32 Å². The van der Waals surface area contributed by atoms with E-state index in [1.165, 1.54) is 10.9 Å².